The summed E-state index contributed by atoms with van der Waals surface area (Å²) in [6.07, 6.45) is 0.876. The number of carbonyl (C=O) groups excluding carboxylic acids is 1. The molecule has 0 bridgehead atoms. The van der Waals surface area contributed by atoms with Crippen LogP contribution in [0.5, 0.6) is 0 Å². The molecule has 4 heteroatoms. The van der Waals surface area contributed by atoms with Gasteiger partial charge in [0.1, 0.15) is 6.61 Å². The third-order valence-corrected chi connectivity index (χ3v) is 2.44. The van der Waals surface area contributed by atoms with Gasteiger partial charge in [-0.15, -0.1) is 0 Å². The summed E-state index contributed by atoms with van der Waals surface area (Å²) in [4.78, 5) is 13.2. The molecule has 1 amide bonds. The first kappa shape index (κ1) is 11.3. The molecule has 14 heavy (non-hydrogen) atoms. The lowest BCUT2D eigenvalue weighted by Gasteiger charge is -2.34. The molecule has 2 unspecified atom stereocenters. The van der Waals surface area contributed by atoms with Gasteiger partial charge in [0.2, 0.25) is 0 Å². The molecule has 4 nitrogen and oxygen atoms in total. The second-order valence-corrected chi connectivity index (χ2v) is 4.19. The first-order chi connectivity index (χ1) is 6.63. The van der Waals surface area contributed by atoms with Gasteiger partial charge in [0.25, 0.3) is 0 Å². The summed E-state index contributed by atoms with van der Waals surface area (Å²) >= 11 is 0. The van der Waals surface area contributed by atoms with Crippen molar-refractivity contribution in [2.24, 2.45) is 11.8 Å². The van der Waals surface area contributed by atoms with Crippen molar-refractivity contribution in [3.63, 3.8) is 0 Å². The molecule has 1 N–H and O–H groups in total. The summed E-state index contributed by atoms with van der Waals surface area (Å²) in [5, 5.41) is 8.52. The van der Waals surface area contributed by atoms with Gasteiger partial charge in [-0.05, 0) is 18.3 Å². The number of carbonyl (C=O) groups is 1. The number of piperidine rings is 1. The van der Waals surface area contributed by atoms with E-state index in [2.05, 4.69) is 13.8 Å². The molecular formula is C10H19NO3. The van der Waals surface area contributed by atoms with Gasteiger partial charge in [-0.25, -0.2) is 4.79 Å². The fourth-order valence-electron chi connectivity index (χ4n) is 2.04. The molecule has 1 aliphatic rings. The van der Waals surface area contributed by atoms with Crippen LogP contribution in [-0.2, 0) is 4.74 Å². The van der Waals surface area contributed by atoms with Gasteiger partial charge in [0, 0.05) is 13.1 Å². The molecule has 1 heterocycles. The third kappa shape index (κ3) is 3.18. The molecular weight excluding hydrogens is 182 g/mol. The van der Waals surface area contributed by atoms with E-state index < -0.39 is 0 Å². The molecule has 0 aromatic rings. The van der Waals surface area contributed by atoms with Gasteiger partial charge in [-0.2, -0.15) is 0 Å². The first-order valence-electron chi connectivity index (χ1n) is 5.16. The molecule has 0 saturated carbocycles. The van der Waals surface area contributed by atoms with Crippen molar-refractivity contribution in [1.29, 1.82) is 0 Å². The monoisotopic (exact) mass is 201 g/mol. The van der Waals surface area contributed by atoms with Crippen LogP contribution in [0.1, 0.15) is 20.3 Å². The summed E-state index contributed by atoms with van der Waals surface area (Å²) in [5.41, 5.74) is 0. The highest BCUT2D eigenvalue weighted by atomic mass is 16.6. The van der Waals surface area contributed by atoms with Gasteiger partial charge in [-0.1, -0.05) is 13.8 Å². The van der Waals surface area contributed by atoms with E-state index >= 15 is 0 Å². The Kier molecular flexibility index (Phi) is 4.20. The highest BCUT2D eigenvalue weighted by Crippen LogP contribution is 2.21. The summed E-state index contributed by atoms with van der Waals surface area (Å²) in [6.45, 7) is 5.82. The molecule has 1 fully saturated rings. The van der Waals surface area contributed by atoms with Crippen molar-refractivity contribution in [1.82, 2.24) is 4.90 Å². The highest BCUT2D eigenvalue weighted by Gasteiger charge is 2.25. The Morgan fingerprint density at radius 1 is 1.43 bits per heavy atom. The quantitative estimate of drug-likeness (QED) is 0.727. The largest absolute Gasteiger partial charge is 0.447 e. The van der Waals surface area contributed by atoms with Crippen molar-refractivity contribution in [2.75, 3.05) is 26.3 Å². The van der Waals surface area contributed by atoms with E-state index in [1.54, 1.807) is 4.90 Å². The molecule has 0 radical (unpaired) electrons. The number of aliphatic hydroxyl groups is 1. The highest BCUT2D eigenvalue weighted by molar-refractivity contribution is 5.67. The second-order valence-electron chi connectivity index (χ2n) is 4.19. The third-order valence-electron chi connectivity index (χ3n) is 2.44. The summed E-state index contributed by atoms with van der Waals surface area (Å²) in [7, 11) is 0. The van der Waals surface area contributed by atoms with Crippen molar-refractivity contribution in [3.8, 4) is 0 Å². The molecule has 0 spiro atoms. The molecule has 0 aromatic heterocycles. The van der Waals surface area contributed by atoms with E-state index in [4.69, 9.17) is 9.84 Å². The van der Waals surface area contributed by atoms with Gasteiger partial charge in [-0.3, -0.25) is 0 Å². The number of likely N-dealkylation sites (tertiary alicyclic amines) is 1. The minimum absolute atomic E-state index is 0.0953. The fraction of sp³-hybridized carbons (Fsp3) is 0.900. The van der Waals surface area contributed by atoms with Crippen LogP contribution in [0.2, 0.25) is 0 Å². The van der Waals surface area contributed by atoms with Gasteiger partial charge in [0.15, 0.2) is 0 Å². The minimum atomic E-state index is -0.294. The number of hydrogen-bond donors (Lipinski definition) is 1. The lowest BCUT2D eigenvalue weighted by molar-refractivity contribution is 0.0623. The van der Waals surface area contributed by atoms with Crippen LogP contribution < -0.4 is 0 Å². The maximum absolute atomic E-state index is 11.4. The topological polar surface area (TPSA) is 49.8 Å². The Morgan fingerprint density at radius 2 is 2.00 bits per heavy atom. The maximum Gasteiger partial charge on any atom is 0.409 e. The van der Waals surface area contributed by atoms with Crippen molar-refractivity contribution < 1.29 is 14.6 Å². The average molecular weight is 201 g/mol. The Morgan fingerprint density at radius 3 is 2.50 bits per heavy atom. The number of aliphatic hydroxyl groups excluding tert-OH is 1. The van der Waals surface area contributed by atoms with E-state index in [9.17, 15) is 4.79 Å². The Hall–Kier alpha value is -0.770. The van der Waals surface area contributed by atoms with Crippen molar-refractivity contribution in [3.05, 3.63) is 0 Å². The average Bonchev–Trinajstić information content (AvgIpc) is 2.12. The van der Waals surface area contributed by atoms with Crippen molar-refractivity contribution in [2.45, 2.75) is 20.3 Å². The predicted molar refractivity (Wildman–Crippen MR) is 53.0 cm³/mol. The van der Waals surface area contributed by atoms with Crippen LogP contribution >= 0.6 is 0 Å². The van der Waals surface area contributed by atoms with Crippen LogP contribution in [0.3, 0.4) is 0 Å². The zero-order chi connectivity index (χ0) is 10.6. The van der Waals surface area contributed by atoms with E-state index in [-0.39, 0.29) is 19.3 Å². The molecule has 1 saturated heterocycles. The maximum atomic E-state index is 11.4. The Bertz CT molecular complexity index is 186. The minimum Gasteiger partial charge on any atom is -0.447 e. The lowest BCUT2D eigenvalue weighted by atomic mass is 9.92. The lowest BCUT2D eigenvalue weighted by Crippen LogP contribution is -2.43. The Balaban J connectivity index is 2.38. The molecule has 0 aromatic carbocycles. The first-order valence-corrected chi connectivity index (χ1v) is 5.16. The number of amides is 1. The molecule has 1 rings (SSSR count). The van der Waals surface area contributed by atoms with Crippen LogP contribution in [0.4, 0.5) is 4.79 Å². The van der Waals surface area contributed by atoms with Crippen LogP contribution in [0.15, 0.2) is 0 Å². The van der Waals surface area contributed by atoms with Crippen LogP contribution in [0, 0.1) is 11.8 Å². The predicted octanol–water partition coefficient (Wildman–Crippen LogP) is 1.09. The summed E-state index contributed by atoms with van der Waals surface area (Å²) < 4.78 is 4.86. The normalized spacial score (nSPS) is 27.5. The van der Waals surface area contributed by atoms with Gasteiger partial charge >= 0.3 is 6.09 Å². The van der Waals surface area contributed by atoms with E-state index in [1.165, 1.54) is 6.42 Å². The van der Waals surface area contributed by atoms with Gasteiger partial charge in [0.05, 0.1) is 6.61 Å². The zero-order valence-corrected chi connectivity index (χ0v) is 8.90. The number of rotatable bonds is 2. The number of ether oxygens (including phenoxy) is 1. The molecule has 82 valence electrons. The zero-order valence-electron chi connectivity index (χ0n) is 8.90. The number of hydrogen-bond acceptors (Lipinski definition) is 3. The van der Waals surface area contributed by atoms with E-state index in [0.717, 1.165) is 13.1 Å². The summed E-state index contributed by atoms with van der Waals surface area (Å²) in [5.74, 6) is 1.08. The molecule has 1 aliphatic heterocycles. The number of nitrogens with zero attached hydrogens (tertiary/aromatic N) is 1. The molecule has 0 aliphatic carbocycles. The van der Waals surface area contributed by atoms with E-state index in [1.807, 2.05) is 0 Å². The van der Waals surface area contributed by atoms with Gasteiger partial charge < -0.3 is 14.7 Å². The SMILES string of the molecule is CC1CC(C)CN(C(=O)OCCO)C1. The van der Waals surface area contributed by atoms with E-state index in [0.29, 0.717) is 11.8 Å². The Labute approximate surface area is 84.8 Å². The van der Waals surface area contributed by atoms with Crippen LogP contribution in [-0.4, -0.2) is 42.4 Å². The molecule has 2 atom stereocenters. The standard InChI is InChI=1S/C10H19NO3/c1-8-5-9(2)7-11(6-8)10(13)14-4-3-12/h8-9,12H,3-7H2,1-2H3. The fourth-order valence-corrected chi connectivity index (χ4v) is 2.04. The second kappa shape index (κ2) is 5.20. The van der Waals surface area contributed by atoms with Crippen LogP contribution in [0.25, 0.3) is 0 Å². The van der Waals surface area contributed by atoms with Crippen molar-refractivity contribution >= 4 is 6.09 Å². The summed E-state index contributed by atoms with van der Waals surface area (Å²) in [6, 6.07) is 0. The smallest absolute Gasteiger partial charge is 0.409 e.